The van der Waals surface area contributed by atoms with Gasteiger partial charge in [0, 0.05) is 6.54 Å². The molecule has 0 aliphatic rings. The molecule has 1 aromatic carbocycles. The summed E-state index contributed by atoms with van der Waals surface area (Å²) in [5.74, 6) is 0.648. The number of aryl methyl sites for hydroxylation is 1. The Morgan fingerprint density at radius 2 is 1.78 bits per heavy atom. The largest absolute Gasteiger partial charge is 0.392 e. The average Bonchev–Trinajstić information content (AvgIpc) is 2.35. The van der Waals surface area contributed by atoms with Gasteiger partial charge in [-0.25, -0.2) is 0 Å². The third-order valence-electron chi connectivity index (χ3n) is 3.03. The van der Waals surface area contributed by atoms with Crippen LogP contribution in [-0.4, -0.2) is 24.3 Å². The summed E-state index contributed by atoms with van der Waals surface area (Å²) in [7, 11) is 0. The molecule has 0 aliphatic heterocycles. The van der Waals surface area contributed by atoms with Crippen LogP contribution in [0.2, 0.25) is 0 Å². The predicted octanol–water partition coefficient (Wildman–Crippen LogP) is 3.01. The molecule has 0 saturated carbocycles. The van der Waals surface area contributed by atoms with Gasteiger partial charge < -0.3 is 10.4 Å². The van der Waals surface area contributed by atoms with Crippen molar-refractivity contribution < 1.29 is 5.11 Å². The standard InChI is InChI=1S/C16H27NO/c1-14(2)12-17-13-16(18)11-7-6-10-15-8-4-3-5-9-15/h3-5,8-9,14,16-18H,6-7,10-13H2,1-2H3. The molecule has 0 aliphatic carbocycles. The molecule has 0 fully saturated rings. The number of aliphatic hydroxyl groups is 1. The zero-order chi connectivity index (χ0) is 13.2. The molecular formula is C16H27NO. The van der Waals surface area contributed by atoms with Gasteiger partial charge in [0.05, 0.1) is 6.10 Å². The number of benzene rings is 1. The molecule has 2 N–H and O–H groups in total. The van der Waals surface area contributed by atoms with Crippen LogP contribution in [0.5, 0.6) is 0 Å². The lowest BCUT2D eigenvalue weighted by molar-refractivity contribution is 0.157. The fraction of sp³-hybridized carbons (Fsp3) is 0.625. The summed E-state index contributed by atoms with van der Waals surface area (Å²) >= 11 is 0. The van der Waals surface area contributed by atoms with Gasteiger partial charge in [0.1, 0.15) is 0 Å². The van der Waals surface area contributed by atoms with Crippen LogP contribution >= 0.6 is 0 Å². The first-order chi connectivity index (χ1) is 8.68. The smallest absolute Gasteiger partial charge is 0.0664 e. The van der Waals surface area contributed by atoms with Gasteiger partial charge in [-0.05, 0) is 37.3 Å². The molecule has 0 bridgehead atoms. The number of aliphatic hydroxyl groups excluding tert-OH is 1. The Bertz CT molecular complexity index is 297. The normalized spacial score (nSPS) is 12.9. The fourth-order valence-electron chi connectivity index (χ4n) is 1.99. The minimum Gasteiger partial charge on any atom is -0.392 e. The molecule has 1 unspecified atom stereocenters. The van der Waals surface area contributed by atoms with E-state index in [2.05, 4.69) is 43.4 Å². The number of unbranched alkanes of at least 4 members (excludes halogenated alkanes) is 1. The van der Waals surface area contributed by atoms with E-state index in [-0.39, 0.29) is 6.10 Å². The summed E-state index contributed by atoms with van der Waals surface area (Å²) in [5, 5.41) is 13.1. The Morgan fingerprint density at radius 3 is 2.44 bits per heavy atom. The monoisotopic (exact) mass is 249 g/mol. The van der Waals surface area contributed by atoms with Gasteiger partial charge in [0.2, 0.25) is 0 Å². The lowest BCUT2D eigenvalue weighted by atomic mass is 10.1. The Hall–Kier alpha value is -0.860. The summed E-state index contributed by atoms with van der Waals surface area (Å²) in [6.07, 6.45) is 4.08. The molecule has 102 valence electrons. The molecule has 2 heteroatoms. The Labute approximate surface area is 111 Å². The van der Waals surface area contributed by atoms with Gasteiger partial charge in [-0.15, -0.1) is 0 Å². The third-order valence-corrected chi connectivity index (χ3v) is 3.03. The van der Waals surface area contributed by atoms with Crippen molar-refractivity contribution in [1.82, 2.24) is 5.32 Å². The van der Waals surface area contributed by atoms with E-state index in [1.54, 1.807) is 0 Å². The summed E-state index contributed by atoms with van der Waals surface area (Å²) in [4.78, 5) is 0. The molecule has 2 nitrogen and oxygen atoms in total. The maximum atomic E-state index is 9.80. The highest BCUT2D eigenvalue weighted by Gasteiger charge is 2.03. The quantitative estimate of drug-likeness (QED) is 0.659. The summed E-state index contributed by atoms with van der Waals surface area (Å²) in [6.45, 7) is 6.07. The van der Waals surface area contributed by atoms with Crippen molar-refractivity contribution >= 4 is 0 Å². The summed E-state index contributed by atoms with van der Waals surface area (Å²) < 4.78 is 0. The molecule has 0 spiro atoms. The van der Waals surface area contributed by atoms with E-state index >= 15 is 0 Å². The van der Waals surface area contributed by atoms with Crippen LogP contribution in [0.3, 0.4) is 0 Å². The van der Waals surface area contributed by atoms with Gasteiger partial charge in [-0.3, -0.25) is 0 Å². The zero-order valence-corrected chi connectivity index (χ0v) is 11.7. The van der Waals surface area contributed by atoms with Crippen molar-refractivity contribution in [2.45, 2.75) is 45.6 Å². The molecule has 0 radical (unpaired) electrons. The van der Waals surface area contributed by atoms with Crippen LogP contribution in [0.25, 0.3) is 0 Å². The Balaban J connectivity index is 2.00. The van der Waals surface area contributed by atoms with Crippen molar-refractivity contribution in [3.8, 4) is 0 Å². The van der Waals surface area contributed by atoms with Crippen LogP contribution in [0.1, 0.15) is 38.7 Å². The van der Waals surface area contributed by atoms with Crippen LogP contribution in [0, 0.1) is 5.92 Å². The number of hydrogen-bond donors (Lipinski definition) is 2. The van der Waals surface area contributed by atoms with E-state index in [9.17, 15) is 5.11 Å². The van der Waals surface area contributed by atoms with Crippen molar-refractivity contribution in [2.75, 3.05) is 13.1 Å². The lowest BCUT2D eigenvalue weighted by Gasteiger charge is -2.13. The number of rotatable bonds is 9. The SMILES string of the molecule is CC(C)CNCC(O)CCCCc1ccccc1. The second-order valence-electron chi connectivity index (χ2n) is 5.44. The maximum Gasteiger partial charge on any atom is 0.0664 e. The number of hydrogen-bond acceptors (Lipinski definition) is 2. The Kier molecular flexibility index (Phi) is 7.70. The second-order valence-corrected chi connectivity index (χ2v) is 5.44. The molecular weight excluding hydrogens is 222 g/mol. The molecule has 0 saturated heterocycles. The minimum atomic E-state index is -0.195. The van der Waals surface area contributed by atoms with E-state index in [1.165, 1.54) is 5.56 Å². The van der Waals surface area contributed by atoms with Crippen LogP contribution < -0.4 is 5.32 Å². The molecule has 0 heterocycles. The van der Waals surface area contributed by atoms with Gasteiger partial charge >= 0.3 is 0 Å². The van der Waals surface area contributed by atoms with Crippen molar-refractivity contribution in [2.24, 2.45) is 5.92 Å². The van der Waals surface area contributed by atoms with Crippen LogP contribution in [-0.2, 0) is 6.42 Å². The van der Waals surface area contributed by atoms with Crippen molar-refractivity contribution in [3.63, 3.8) is 0 Å². The van der Waals surface area contributed by atoms with Gasteiger partial charge in [0.15, 0.2) is 0 Å². The van der Waals surface area contributed by atoms with E-state index in [4.69, 9.17) is 0 Å². The zero-order valence-electron chi connectivity index (χ0n) is 11.7. The first kappa shape index (κ1) is 15.2. The number of nitrogens with one attached hydrogen (secondary N) is 1. The van der Waals surface area contributed by atoms with Crippen molar-refractivity contribution in [3.05, 3.63) is 35.9 Å². The van der Waals surface area contributed by atoms with E-state index < -0.39 is 0 Å². The van der Waals surface area contributed by atoms with Gasteiger partial charge in [0.25, 0.3) is 0 Å². The van der Waals surface area contributed by atoms with Gasteiger partial charge in [-0.1, -0.05) is 50.6 Å². The van der Waals surface area contributed by atoms with E-state index in [0.717, 1.165) is 38.8 Å². The molecule has 1 rings (SSSR count). The highest BCUT2D eigenvalue weighted by atomic mass is 16.3. The average molecular weight is 249 g/mol. The molecule has 18 heavy (non-hydrogen) atoms. The van der Waals surface area contributed by atoms with Gasteiger partial charge in [-0.2, -0.15) is 0 Å². The van der Waals surface area contributed by atoms with Crippen molar-refractivity contribution in [1.29, 1.82) is 0 Å². The first-order valence-corrected chi connectivity index (χ1v) is 7.11. The highest BCUT2D eigenvalue weighted by Crippen LogP contribution is 2.07. The maximum absolute atomic E-state index is 9.80. The van der Waals surface area contributed by atoms with Crippen LogP contribution in [0.4, 0.5) is 0 Å². The first-order valence-electron chi connectivity index (χ1n) is 7.11. The summed E-state index contributed by atoms with van der Waals surface area (Å²) in [6, 6.07) is 10.6. The molecule has 1 atom stereocenters. The topological polar surface area (TPSA) is 32.3 Å². The van der Waals surface area contributed by atoms with Crippen LogP contribution in [0.15, 0.2) is 30.3 Å². The third kappa shape index (κ3) is 7.46. The molecule has 0 aromatic heterocycles. The van der Waals surface area contributed by atoms with E-state index in [1.807, 2.05) is 6.07 Å². The molecule has 0 amide bonds. The lowest BCUT2D eigenvalue weighted by Crippen LogP contribution is -2.29. The fourth-order valence-corrected chi connectivity index (χ4v) is 1.99. The predicted molar refractivity (Wildman–Crippen MR) is 77.7 cm³/mol. The van der Waals surface area contributed by atoms with E-state index in [0.29, 0.717) is 5.92 Å². The Morgan fingerprint density at radius 1 is 1.06 bits per heavy atom. The second kappa shape index (κ2) is 9.12. The summed E-state index contributed by atoms with van der Waals surface area (Å²) in [5.41, 5.74) is 1.39. The molecule has 1 aromatic rings. The minimum absolute atomic E-state index is 0.195. The highest BCUT2D eigenvalue weighted by molar-refractivity contribution is 5.14.